The van der Waals surface area contributed by atoms with Crippen molar-refractivity contribution >= 4 is 17.8 Å². The Morgan fingerprint density at radius 2 is 1.79 bits per heavy atom. The van der Waals surface area contributed by atoms with Crippen LogP contribution in [0.1, 0.15) is 49.1 Å². The first-order valence-corrected chi connectivity index (χ1v) is 11.6. The molecule has 0 spiro atoms. The summed E-state index contributed by atoms with van der Waals surface area (Å²) in [6, 6.07) is 3.35. The molecule has 1 aliphatic heterocycles. The van der Waals surface area contributed by atoms with Crippen molar-refractivity contribution in [3.63, 3.8) is 0 Å². The molecule has 174 valence electrons. The standard InChI is InChI=1S/C22H26N6O5/c29-18(17-2-1-7-33-17)25-3-5-26(6-4-25)19(30)21-9-15-8-16(10-21)12-22(11-15,13-21)27-14-23-20(24-27)28(31)32/h1-2,7,14-16H,3-6,8-13H2. The highest BCUT2D eigenvalue weighted by Gasteiger charge is 2.63. The van der Waals surface area contributed by atoms with Gasteiger partial charge in [-0.3, -0.25) is 9.59 Å². The zero-order valence-electron chi connectivity index (χ0n) is 18.3. The van der Waals surface area contributed by atoms with Gasteiger partial charge in [-0.25, -0.2) is 0 Å². The number of hydrogen-bond acceptors (Lipinski definition) is 7. The van der Waals surface area contributed by atoms with Crippen LogP contribution in [-0.4, -0.2) is 67.5 Å². The van der Waals surface area contributed by atoms with Crippen LogP contribution in [0.2, 0.25) is 0 Å². The number of rotatable bonds is 4. The van der Waals surface area contributed by atoms with Gasteiger partial charge in [-0.15, -0.1) is 0 Å². The lowest BCUT2D eigenvalue weighted by Gasteiger charge is -2.61. The molecule has 1 saturated heterocycles. The van der Waals surface area contributed by atoms with Gasteiger partial charge in [-0.1, -0.05) is 4.98 Å². The van der Waals surface area contributed by atoms with Crippen LogP contribution in [0.5, 0.6) is 0 Å². The molecule has 11 heteroatoms. The molecule has 2 amide bonds. The van der Waals surface area contributed by atoms with Crippen molar-refractivity contribution in [1.29, 1.82) is 0 Å². The number of nitro groups is 1. The normalized spacial score (nSPS) is 32.8. The zero-order chi connectivity index (χ0) is 22.8. The monoisotopic (exact) mass is 454 g/mol. The molecule has 0 aromatic carbocycles. The maximum atomic E-state index is 13.9. The van der Waals surface area contributed by atoms with Crippen LogP contribution >= 0.6 is 0 Å². The van der Waals surface area contributed by atoms with Gasteiger partial charge in [0, 0.05) is 31.3 Å². The number of aromatic nitrogens is 3. The van der Waals surface area contributed by atoms with E-state index in [2.05, 4.69) is 10.1 Å². The van der Waals surface area contributed by atoms with E-state index >= 15 is 0 Å². The van der Waals surface area contributed by atoms with E-state index in [0.717, 1.165) is 32.1 Å². The van der Waals surface area contributed by atoms with Gasteiger partial charge < -0.3 is 24.3 Å². The van der Waals surface area contributed by atoms with E-state index in [9.17, 15) is 19.7 Å². The van der Waals surface area contributed by atoms with Crippen LogP contribution in [0.15, 0.2) is 29.1 Å². The second-order valence-corrected chi connectivity index (χ2v) is 10.3. The van der Waals surface area contributed by atoms with Gasteiger partial charge in [-0.2, -0.15) is 4.68 Å². The molecule has 2 atom stereocenters. The van der Waals surface area contributed by atoms with E-state index in [-0.39, 0.29) is 23.3 Å². The largest absolute Gasteiger partial charge is 0.490 e. The number of furan rings is 1. The second kappa shape index (κ2) is 7.13. The molecule has 4 aliphatic carbocycles. The Hall–Kier alpha value is -3.24. The predicted octanol–water partition coefficient (Wildman–Crippen LogP) is 2.06. The van der Waals surface area contributed by atoms with Crippen LogP contribution in [0, 0.1) is 27.4 Å². The maximum Gasteiger partial charge on any atom is 0.490 e. The topological polar surface area (TPSA) is 128 Å². The summed E-state index contributed by atoms with van der Waals surface area (Å²) in [5, 5.41) is 15.3. The van der Waals surface area contributed by atoms with Crippen LogP contribution in [0.25, 0.3) is 0 Å². The van der Waals surface area contributed by atoms with Crippen LogP contribution in [0.3, 0.4) is 0 Å². The lowest BCUT2D eigenvalue weighted by Crippen LogP contribution is -2.63. The first-order chi connectivity index (χ1) is 15.9. The highest BCUT2D eigenvalue weighted by molar-refractivity contribution is 5.91. The van der Waals surface area contributed by atoms with Gasteiger partial charge in [0.05, 0.1) is 17.2 Å². The summed E-state index contributed by atoms with van der Waals surface area (Å²) in [6.45, 7) is 1.97. The lowest BCUT2D eigenvalue weighted by atomic mass is 9.46. The third-order valence-electron chi connectivity index (χ3n) is 8.20. The Morgan fingerprint density at radius 1 is 1.09 bits per heavy atom. The molecule has 7 rings (SSSR count). The van der Waals surface area contributed by atoms with E-state index in [1.54, 1.807) is 21.7 Å². The van der Waals surface area contributed by atoms with E-state index in [1.165, 1.54) is 12.6 Å². The first kappa shape index (κ1) is 20.4. The average molecular weight is 454 g/mol. The van der Waals surface area contributed by atoms with E-state index < -0.39 is 10.3 Å². The molecule has 2 aromatic rings. The Morgan fingerprint density at radius 3 is 2.39 bits per heavy atom. The Kier molecular flexibility index (Phi) is 4.40. The summed E-state index contributed by atoms with van der Waals surface area (Å²) >= 11 is 0. The highest BCUT2D eigenvalue weighted by atomic mass is 16.6. The Balaban J connectivity index is 1.21. The van der Waals surface area contributed by atoms with Gasteiger partial charge in [0.2, 0.25) is 12.2 Å². The SMILES string of the molecule is O=C(c1ccco1)N1CCN(C(=O)C23CC4CC(C2)CC(n2cnc([N+](=O)[O-])n2)(C4)C3)CC1. The summed E-state index contributed by atoms with van der Waals surface area (Å²) in [7, 11) is 0. The van der Waals surface area contributed by atoms with Crippen LogP contribution in [-0.2, 0) is 10.3 Å². The fourth-order valence-corrected chi connectivity index (χ4v) is 7.30. The van der Waals surface area contributed by atoms with E-state index in [0.29, 0.717) is 50.2 Å². The number of amides is 2. The van der Waals surface area contributed by atoms with E-state index in [1.807, 2.05) is 4.90 Å². The minimum Gasteiger partial charge on any atom is -0.459 e. The summed E-state index contributed by atoms with van der Waals surface area (Å²) < 4.78 is 6.91. The number of nitrogens with zero attached hydrogens (tertiary/aromatic N) is 6. The van der Waals surface area contributed by atoms with Crippen molar-refractivity contribution in [3.05, 3.63) is 40.6 Å². The van der Waals surface area contributed by atoms with Gasteiger partial charge in [0.25, 0.3) is 5.91 Å². The molecule has 0 N–H and O–H groups in total. The maximum absolute atomic E-state index is 13.9. The van der Waals surface area contributed by atoms with Crippen molar-refractivity contribution in [2.75, 3.05) is 26.2 Å². The Labute approximate surface area is 189 Å². The lowest BCUT2D eigenvalue weighted by molar-refractivity contribution is -0.394. The van der Waals surface area contributed by atoms with Crippen LogP contribution in [0.4, 0.5) is 5.95 Å². The van der Waals surface area contributed by atoms with E-state index in [4.69, 9.17) is 4.42 Å². The highest BCUT2D eigenvalue weighted by Crippen LogP contribution is 2.64. The summed E-state index contributed by atoms with van der Waals surface area (Å²) in [6.07, 6.45) is 8.24. The number of carbonyl (C=O) groups excluding carboxylic acids is 2. The zero-order valence-corrected chi connectivity index (χ0v) is 18.3. The Bertz CT molecular complexity index is 1090. The van der Waals surface area contributed by atoms with Crippen molar-refractivity contribution in [2.24, 2.45) is 17.3 Å². The summed E-state index contributed by atoms with van der Waals surface area (Å²) in [4.78, 5) is 44.6. The molecule has 3 heterocycles. The van der Waals surface area contributed by atoms with Crippen molar-refractivity contribution in [2.45, 2.75) is 44.1 Å². The molecule has 11 nitrogen and oxygen atoms in total. The molecular formula is C22H26N6O5. The predicted molar refractivity (Wildman–Crippen MR) is 113 cm³/mol. The molecular weight excluding hydrogens is 428 g/mol. The molecule has 4 bridgehead atoms. The molecule has 33 heavy (non-hydrogen) atoms. The molecule has 0 radical (unpaired) electrons. The van der Waals surface area contributed by atoms with Crippen molar-refractivity contribution in [1.82, 2.24) is 24.6 Å². The third-order valence-corrected chi connectivity index (χ3v) is 8.20. The fraction of sp³-hybridized carbons (Fsp3) is 0.636. The second-order valence-electron chi connectivity index (χ2n) is 10.3. The molecule has 4 saturated carbocycles. The molecule has 2 aromatic heterocycles. The fourth-order valence-electron chi connectivity index (χ4n) is 7.30. The number of hydrogen-bond donors (Lipinski definition) is 0. The van der Waals surface area contributed by atoms with Gasteiger partial charge >= 0.3 is 5.95 Å². The summed E-state index contributed by atoms with van der Waals surface area (Å²) in [5.74, 6) is 0.790. The number of piperazine rings is 1. The van der Waals surface area contributed by atoms with Crippen molar-refractivity contribution < 1.29 is 18.9 Å². The minimum atomic E-state index is -0.568. The molecule has 5 fully saturated rings. The van der Waals surface area contributed by atoms with Gasteiger partial charge in [0.15, 0.2) is 5.76 Å². The minimum absolute atomic E-state index is 0.145. The quantitative estimate of drug-likeness (QED) is 0.511. The third kappa shape index (κ3) is 3.16. The smallest absolute Gasteiger partial charge is 0.459 e. The van der Waals surface area contributed by atoms with Gasteiger partial charge in [-0.05, 0) is 67.4 Å². The van der Waals surface area contributed by atoms with Gasteiger partial charge in [0.1, 0.15) is 0 Å². The molecule has 5 aliphatic rings. The van der Waals surface area contributed by atoms with Crippen molar-refractivity contribution in [3.8, 4) is 0 Å². The average Bonchev–Trinajstić information content (AvgIpc) is 3.50. The summed E-state index contributed by atoms with van der Waals surface area (Å²) in [5.41, 5.74) is -0.837. The first-order valence-electron chi connectivity index (χ1n) is 11.6. The van der Waals surface area contributed by atoms with Crippen LogP contribution < -0.4 is 0 Å². The molecule has 2 unspecified atom stereocenters. The number of carbonyl (C=O) groups is 2.